The second-order valence-corrected chi connectivity index (χ2v) is 5.89. The Kier molecular flexibility index (Phi) is 18.7. The normalized spacial score (nSPS) is 11.2. The zero-order chi connectivity index (χ0) is 13.5. The quantitative estimate of drug-likeness (QED) is 0.262. The first-order chi connectivity index (χ1) is 6.00. The van der Waals surface area contributed by atoms with E-state index >= 15 is 0 Å². The van der Waals surface area contributed by atoms with Crippen LogP contribution in [-0.4, -0.2) is 0 Å². The van der Waals surface area contributed by atoms with E-state index in [1.54, 1.807) is 0 Å². The van der Waals surface area contributed by atoms with Crippen molar-refractivity contribution in [2.24, 2.45) is 0 Å². The molecule has 16 heteroatoms. The average molecular weight is 572 g/mol. The van der Waals surface area contributed by atoms with Crippen molar-refractivity contribution >= 4 is 0 Å². The van der Waals surface area contributed by atoms with E-state index in [1.165, 1.54) is 0 Å². The van der Waals surface area contributed by atoms with Gasteiger partial charge in [-0.1, -0.05) is 0 Å². The maximum absolute atomic E-state index is 8.58. The van der Waals surface area contributed by atoms with Gasteiger partial charge in [-0.05, 0) is 0 Å². The van der Waals surface area contributed by atoms with Crippen molar-refractivity contribution in [2.75, 3.05) is 0 Å². The van der Waals surface area contributed by atoms with Crippen LogP contribution in [0, 0.1) is 84.0 Å². The molecule has 0 aliphatic carbocycles. The zero-order valence-electron chi connectivity index (χ0n) is 6.53. The van der Waals surface area contributed by atoms with Gasteiger partial charge < -0.3 is 0 Å². The summed E-state index contributed by atoms with van der Waals surface area (Å²) in [6.07, 6.45) is 0. The molecule has 0 bridgehead atoms. The minimum absolute atomic E-state index is 0. The maximum Gasteiger partial charge on any atom is 3.00 e. The van der Waals surface area contributed by atoms with E-state index in [-0.39, 0.29) is 41.7 Å². The number of halogens is 3. The zero-order valence-corrected chi connectivity index (χ0v) is 14.4. The van der Waals surface area contributed by atoms with Gasteiger partial charge in [0.15, 0.2) is 0 Å². The van der Waals surface area contributed by atoms with Crippen LogP contribution in [0.4, 0.5) is 0 Å². The summed E-state index contributed by atoms with van der Waals surface area (Å²) >= 11 is -16.9. The minimum Gasteiger partial charge on any atom is -0.264 e. The fourth-order valence-corrected chi connectivity index (χ4v) is 0. The molecule has 0 amide bonds. The summed E-state index contributed by atoms with van der Waals surface area (Å²) < 4.78 is 103. The first-order valence-electron chi connectivity index (χ1n) is 1.85. The topological polar surface area (TPSA) is 277 Å². The molecule has 12 nitrogen and oxygen atoms in total. The van der Waals surface area contributed by atoms with Crippen molar-refractivity contribution in [3.63, 3.8) is 0 Å². The van der Waals surface area contributed by atoms with E-state index in [0.717, 1.165) is 0 Å². The molecule has 0 atom stereocenters. The predicted molar refractivity (Wildman–Crippen MR) is 0 cm³/mol. The Bertz CT molecular complexity index is 91.3. The van der Waals surface area contributed by atoms with Crippen molar-refractivity contribution in [3.8, 4) is 0 Å². The van der Waals surface area contributed by atoms with Gasteiger partial charge in [0, 0.05) is 0 Å². The third kappa shape index (κ3) is 704. The van der Waals surface area contributed by atoms with Gasteiger partial charge in [0.25, 0.3) is 0 Å². The molecule has 0 aromatic carbocycles. The van der Waals surface area contributed by atoms with Gasteiger partial charge >= 0.3 is 41.7 Å². The van der Waals surface area contributed by atoms with Crippen LogP contribution in [0.15, 0.2) is 0 Å². The Hall–Kier alpha value is 2.34. The van der Waals surface area contributed by atoms with Gasteiger partial charge in [-0.2, -0.15) is 0 Å². The fraction of sp³-hybridized carbons (Fsp3) is 0. The van der Waals surface area contributed by atoms with Crippen LogP contribution >= 0.6 is 0 Å². The average Bonchev–Trinajstić information content (AvgIpc) is 1.41. The van der Waals surface area contributed by atoms with Crippen molar-refractivity contribution in [1.29, 1.82) is 0 Å². The summed E-state index contributed by atoms with van der Waals surface area (Å²) in [5, 5.41) is 0. The fourth-order valence-electron chi connectivity index (χ4n) is 0. The van der Waals surface area contributed by atoms with Crippen LogP contribution in [0.5, 0.6) is 0 Å². The molecule has 0 saturated carbocycles. The van der Waals surface area contributed by atoms with E-state index in [2.05, 4.69) is 0 Å². The van der Waals surface area contributed by atoms with Crippen LogP contribution in [0.2, 0.25) is 0 Å². The first-order valence-corrected chi connectivity index (χ1v) is 9.62. The molecular weight excluding hydrogens is 572 g/mol. The van der Waals surface area contributed by atoms with Crippen molar-refractivity contribution in [3.05, 3.63) is 0 Å². The third-order valence-corrected chi connectivity index (χ3v) is 0. The van der Waals surface area contributed by atoms with Gasteiger partial charge in [0.2, 0.25) is 0 Å². The van der Waals surface area contributed by atoms with Gasteiger partial charge in [0.05, 0.1) is 42.3 Å². The molecule has 16 heavy (non-hydrogen) atoms. The van der Waals surface area contributed by atoms with Crippen LogP contribution in [0.3, 0.4) is 0 Å². The van der Waals surface area contributed by atoms with E-state index in [4.69, 9.17) is 50.4 Å². The van der Waals surface area contributed by atoms with Crippen LogP contribution < -0.4 is 50.4 Å². The summed E-state index contributed by atoms with van der Waals surface area (Å²) in [6, 6.07) is 0. The van der Waals surface area contributed by atoms with E-state index in [1.807, 2.05) is 0 Å². The van der Waals surface area contributed by atoms with Crippen LogP contribution in [0.25, 0.3) is 0 Å². The summed E-state index contributed by atoms with van der Waals surface area (Å²) in [6.45, 7) is 0. The number of hydrogen-bond donors (Lipinski definition) is 0. The Morgan fingerprint density at radius 1 is 0.312 bits per heavy atom. The second kappa shape index (κ2) is 11.2. The molecule has 97 valence electrons. The molecule has 0 aliphatic rings. The summed E-state index contributed by atoms with van der Waals surface area (Å²) in [7, 11) is 0. The molecule has 0 aliphatic heterocycles. The Labute approximate surface area is 133 Å². The molecule has 0 rings (SSSR count). The van der Waals surface area contributed by atoms with Crippen molar-refractivity contribution in [1.82, 2.24) is 0 Å². The van der Waals surface area contributed by atoms with E-state index < -0.39 is 42.3 Å². The SMILES string of the molecule is [Ce+3].[O-][Br+3]([O-])([O-])[O-].[O-][Br+3]([O-])([O-])[O-].[O-][Br+3]([O-])([O-])[O-]. The third-order valence-electron chi connectivity index (χ3n) is 0. The summed E-state index contributed by atoms with van der Waals surface area (Å²) in [5.41, 5.74) is 0. The monoisotopic (exact) mass is 569 g/mol. The molecule has 0 unspecified atom stereocenters. The van der Waals surface area contributed by atoms with Crippen LogP contribution in [0.1, 0.15) is 0 Å². The smallest absolute Gasteiger partial charge is 0.264 e. The molecule has 0 heterocycles. The first kappa shape index (κ1) is 26.8. The van der Waals surface area contributed by atoms with Gasteiger partial charge in [-0.15, -0.1) is 0 Å². The molecule has 0 saturated heterocycles. The minimum atomic E-state index is -5.62. The van der Waals surface area contributed by atoms with Crippen molar-refractivity contribution < 1.29 is 134 Å². The molecule has 0 spiro atoms. The molecule has 0 aromatic heterocycles. The number of hydrogen-bond acceptors (Lipinski definition) is 12. The summed E-state index contributed by atoms with van der Waals surface area (Å²) in [4.78, 5) is 0. The van der Waals surface area contributed by atoms with Gasteiger partial charge in [0.1, 0.15) is 0 Å². The molecule has 0 N–H and O–H groups in total. The summed E-state index contributed by atoms with van der Waals surface area (Å²) in [5.74, 6) is 0. The van der Waals surface area contributed by atoms with Crippen molar-refractivity contribution in [2.45, 2.75) is 0 Å². The van der Waals surface area contributed by atoms with Gasteiger partial charge in [-0.25, -0.2) is 0 Å². The van der Waals surface area contributed by atoms with Gasteiger partial charge in [-0.3, -0.25) is 50.4 Å². The number of rotatable bonds is 0. The Balaban J connectivity index is -0.0000000655. The Morgan fingerprint density at radius 2 is 0.312 bits per heavy atom. The molecular formula is Br3CeO12. The standard InChI is InChI=1S/3BrO4.Ce/c3*2-1(3,4)5;/q3*-1;+3. The van der Waals surface area contributed by atoms with E-state index in [0.29, 0.717) is 0 Å². The molecule has 1 radical (unpaired) electrons. The predicted octanol–water partition coefficient (Wildman–Crippen LogP) is -14.3. The van der Waals surface area contributed by atoms with Crippen LogP contribution in [-0.2, 0) is 0 Å². The van der Waals surface area contributed by atoms with E-state index in [9.17, 15) is 0 Å². The second-order valence-electron chi connectivity index (χ2n) is 1.13. The Morgan fingerprint density at radius 3 is 0.312 bits per heavy atom. The molecule has 0 fully saturated rings. The largest absolute Gasteiger partial charge is 3.00 e. The maximum atomic E-state index is 8.58. The molecule has 0 aromatic rings.